The molecule has 0 aliphatic rings. The molecule has 0 aromatic heterocycles. The number of rotatable bonds is 4. The van der Waals surface area contributed by atoms with Crippen LogP contribution in [0.25, 0.3) is 0 Å². The van der Waals surface area contributed by atoms with E-state index in [9.17, 15) is 18.3 Å². The van der Waals surface area contributed by atoms with E-state index in [4.69, 9.17) is 5.11 Å². The molecule has 0 saturated heterocycles. The number of thioether (sulfide) groups is 1. The summed E-state index contributed by atoms with van der Waals surface area (Å²) in [7, 11) is 0. The Morgan fingerprint density at radius 3 is 2.11 bits per heavy atom. The maximum absolute atomic E-state index is 12.7. The Labute approximate surface area is 108 Å². The number of halogens is 3. The van der Waals surface area contributed by atoms with E-state index in [0.717, 1.165) is 17.3 Å². The smallest absolute Gasteiger partial charge is 0.393 e. The van der Waals surface area contributed by atoms with Gasteiger partial charge >= 0.3 is 6.18 Å². The lowest BCUT2D eigenvalue weighted by Crippen LogP contribution is -2.55. The number of alkyl halides is 3. The summed E-state index contributed by atoms with van der Waals surface area (Å²) >= 11 is 0.881. The zero-order chi connectivity index (χ0) is 14.0. The standard InChI is InChI=1S/C12H15F3O2S/c1-8-3-5-10(6-4-8)18-9(2)11(17,7-16)12(13,14)15/h3-6,9,16-17H,7H2,1-2H3/t9-,11-/m1/s1. The Bertz CT molecular complexity index is 391. The van der Waals surface area contributed by atoms with Crippen LogP contribution in [0.1, 0.15) is 12.5 Å². The molecule has 1 rings (SSSR count). The molecule has 0 fully saturated rings. The molecule has 0 saturated carbocycles. The highest BCUT2D eigenvalue weighted by molar-refractivity contribution is 8.00. The van der Waals surface area contributed by atoms with Crippen LogP contribution >= 0.6 is 11.8 Å². The summed E-state index contributed by atoms with van der Waals surface area (Å²) in [4.78, 5) is 0.615. The summed E-state index contributed by atoms with van der Waals surface area (Å²) in [6.45, 7) is 1.77. The second kappa shape index (κ2) is 5.50. The molecule has 0 heterocycles. The first-order chi connectivity index (χ1) is 8.20. The zero-order valence-electron chi connectivity index (χ0n) is 10.0. The summed E-state index contributed by atoms with van der Waals surface area (Å²) < 4.78 is 38.1. The van der Waals surface area contributed by atoms with Crippen LogP contribution in [0, 0.1) is 6.92 Å². The van der Waals surface area contributed by atoms with Crippen molar-refractivity contribution < 1.29 is 23.4 Å². The number of benzene rings is 1. The highest BCUT2D eigenvalue weighted by Gasteiger charge is 2.57. The highest BCUT2D eigenvalue weighted by Crippen LogP contribution is 2.40. The molecule has 0 radical (unpaired) electrons. The number of aryl methyl sites for hydroxylation is 1. The van der Waals surface area contributed by atoms with Crippen molar-refractivity contribution in [2.45, 2.75) is 35.8 Å². The average molecular weight is 280 g/mol. The molecule has 2 N–H and O–H groups in total. The Kier molecular flexibility index (Phi) is 4.69. The Balaban J connectivity index is 2.86. The quantitative estimate of drug-likeness (QED) is 0.833. The third kappa shape index (κ3) is 3.18. The van der Waals surface area contributed by atoms with E-state index in [1.807, 2.05) is 6.92 Å². The Morgan fingerprint density at radius 1 is 1.22 bits per heavy atom. The van der Waals surface area contributed by atoms with Gasteiger partial charge in [-0.3, -0.25) is 0 Å². The fraction of sp³-hybridized carbons (Fsp3) is 0.500. The van der Waals surface area contributed by atoms with E-state index in [1.54, 1.807) is 24.3 Å². The molecule has 1 aromatic rings. The monoisotopic (exact) mass is 280 g/mol. The third-order valence-corrected chi connectivity index (χ3v) is 4.03. The van der Waals surface area contributed by atoms with Gasteiger partial charge in [0, 0.05) is 10.1 Å². The molecule has 6 heteroatoms. The Hall–Kier alpha value is -0.720. The molecule has 2 nitrogen and oxygen atoms in total. The van der Waals surface area contributed by atoms with Crippen LogP contribution in [-0.4, -0.2) is 33.8 Å². The predicted octanol–water partition coefficient (Wildman–Crippen LogP) is 2.76. The van der Waals surface area contributed by atoms with Gasteiger partial charge in [0.25, 0.3) is 0 Å². The lowest BCUT2D eigenvalue weighted by molar-refractivity contribution is -0.269. The summed E-state index contributed by atoms with van der Waals surface area (Å²) in [5.74, 6) is 0. The number of aliphatic hydroxyl groups is 2. The first kappa shape index (κ1) is 15.3. The molecule has 0 aliphatic carbocycles. The first-order valence-electron chi connectivity index (χ1n) is 5.34. The Morgan fingerprint density at radius 2 is 1.72 bits per heavy atom. The van der Waals surface area contributed by atoms with Crippen LogP contribution in [0.5, 0.6) is 0 Å². The van der Waals surface area contributed by atoms with Gasteiger partial charge in [0.15, 0.2) is 5.60 Å². The predicted molar refractivity (Wildman–Crippen MR) is 64.6 cm³/mol. The second-order valence-corrected chi connectivity index (χ2v) is 5.57. The van der Waals surface area contributed by atoms with Crippen molar-refractivity contribution in [1.29, 1.82) is 0 Å². The second-order valence-electron chi connectivity index (χ2n) is 4.15. The van der Waals surface area contributed by atoms with Gasteiger partial charge in [-0.05, 0) is 26.0 Å². The average Bonchev–Trinajstić information content (AvgIpc) is 2.29. The van der Waals surface area contributed by atoms with Crippen molar-refractivity contribution in [1.82, 2.24) is 0 Å². The van der Waals surface area contributed by atoms with Gasteiger partial charge in [-0.2, -0.15) is 13.2 Å². The normalized spacial score (nSPS) is 17.3. The molecule has 2 atom stereocenters. The van der Waals surface area contributed by atoms with Crippen molar-refractivity contribution in [2.75, 3.05) is 6.61 Å². The van der Waals surface area contributed by atoms with Gasteiger partial charge in [0.05, 0.1) is 6.61 Å². The highest BCUT2D eigenvalue weighted by atomic mass is 32.2. The van der Waals surface area contributed by atoms with Crippen LogP contribution in [-0.2, 0) is 0 Å². The minimum absolute atomic E-state index is 0.615. The van der Waals surface area contributed by atoms with Gasteiger partial charge in [0.2, 0.25) is 0 Å². The molecule has 0 amide bonds. The van der Waals surface area contributed by atoms with Gasteiger partial charge in [-0.1, -0.05) is 17.7 Å². The summed E-state index contributed by atoms with van der Waals surface area (Å²) in [6.07, 6.45) is -4.86. The number of hydrogen-bond donors (Lipinski definition) is 2. The molecule has 0 spiro atoms. The van der Waals surface area contributed by atoms with Gasteiger partial charge < -0.3 is 10.2 Å². The summed E-state index contributed by atoms with van der Waals surface area (Å²) in [5.41, 5.74) is -2.09. The van der Waals surface area contributed by atoms with Crippen molar-refractivity contribution in [3.8, 4) is 0 Å². The van der Waals surface area contributed by atoms with E-state index >= 15 is 0 Å². The molecule has 0 unspecified atom stereocenters. The third-order valence-electron chi connectivity index (χ3n) is 2.74. The number of aliphatic hydroxyl groups excluding tert-OH is 1. The molecule has 102 valence electrons. The molecule has 1 aromatic carbocycles. The van der Waals surface area contributed by atoms with E-state index in [-0.39, 0.29) is 0 Å². The van der Waals surface area contributed by atoms with Crippen molar-refractivity contribution in [3.05, 3.63) is 29.8 Å². The van der Waals surface area contributed by atoms with E-state index in [2.05, 4.69) is 0 Å². The summed E-state index contributed by atoms with van der Waals surface area (Å²) in [5, 5.41) is 17.2. The minimum atomic E-state index is -4.86. The lowest BCUT2D eigenvalue weighted by Gasteiger charge is -2.33. The van der Waals surface area contributed by atoms with Crippen LogP contribution in [0.2, 0.25) is 0 Å². The van der Waals surface area contributed by atoms with E-state index in [0.29, 0.717) is 4.90 Å². The molecule has 18 heavy (non-hydrogen) atoms. The lowest BCUT2D eigenvalue weighted by atomic mass is 10.0. The number of hydrogen-bond acceptors (Lipinski definition) is 3. The summed E-state index contributed by atoms with van der Waals surface area (Å²) in [6, 6.07) is 6.93. The maximum Gasteiger partial charge on any atom is 0.420 e. The van der Waals surface area contributed by atoms with Crippen LogP contribution in [0.4, 0.5) is 13.2 Å². The van der Waals surface area contributed by atoms with Crippen LogP contribution in [0.3, 0.4) is 0 Å². The van der Waals surface area contributed by atoms with E-state index in [1.165, 1.54) is 6.92 Å². The van der Waals surface area contributed by atoms with E-state index < -0.39 is 23.6 Å². The van der Waals surface area contributed by atoms with Gasteiger partial charge in [0.1, 0.15) is 0 Å². The maximum atomic E-state index is 12.7. The SMILES string of the molecule is Cc1ccc(S[C@H](C)[C@](O)(CO)C(F)(F)F)cc1. The molecule has 0 bridgehead atoms. The van der Waals surface area contributed by atoms with Crippen molar-refractivity contribution in [3.63, 3.8) is 0 Å². The topological polar surface area (TPSA) is 40.5 Å². The zero-order valence-corrected chi connectivity index (χ0v) is 10.8. The van der Waals surface area contributed by atoms with Crippen molar-refractivity contribution >= 4 is 11.8 Å². The fourth-order valence-corrected chi connectivity index (χ4v) is 2.47. The molecular formula is C12H15F3O2S. The van der Waals surface area contributed by atoms with Gasteiger partial charge in [-0.15, -0.1) is 11.8 Å². The fourth-order valence-electron chi connectivity index (χ4n) is 1.37. The molecular weight excluding hydrogens is 265 g/mol. The van der Waals surface area contributed by atoms with Crippen LogP contribution < -0.4 is 0 Å². The molecule has 0 aliphatic heterocycles. The minimum Gasteiger partial charge on any atom is -0.393 e. The van der Waals surface area contributed by atoms with Crippen molar-refractivity contribution in [2.24, 2.45) is 0 Å². The largest absolute Gasteiger partial charge is 0.420 e. The van der Waals surface area contributed by atoms with Gasteiger partial charge in [-0.25, -0.2) is 0 Å². The van der Waals surface area contributed by atoms with Crippen LogP contribution in [0.15, 0.2) is 29.2 Å². The first-order valence-corrected chi connectivity index (χ1v) is 6.22.